The number of esters is 1. The van der Waals surface area contributed by atoms with E-state index >= 15 is 0 Å². The summed E-state index contributed by atoms with van der Waals surface area (Å²) in [4.78, 5) is 23.2. The molecule has 63 heavy (non-hydrogen) atoms. The molecule has 1 saturated carbocycles. The molecule has 12 nitrogen and oxygen atoms in total. The van der Waals surface area contributed by atoms with E-state index in [-0.39, 0.29) is 13.0 Å². The zero-order valence-corrected chi connectivity index (χ0v) is 41.0. The molecule has 0 aliphatic heterocycles. The van der Waals surface area contributed by atoms with Crippen molar-refractivity contribution < 1.29 is 58.3 Å². The third kappa shape index (κ3) is 33.2. The first-order chi connectivity index (χ1) is 30.5. The van der Waals surface area contributed by atoms with Gasteiger partial charge in [-0.2, -0.15) is 0 Å². The number of aliphatic hydroxyl groups is 5. The van der Waals surface area contributed by atoms with Crippen molar-refractivity contribution in [2.45, 2.75) is 281 Å². The Morgan fingerprint density at radius 2 is 0.841 bits per heavy atom. The fraction of sp³-hybridized carbons (Fsp3) is 0.940. The minimum Gasteiger partial charge on any atom is -0.457 e. The van der Waals surface area contributed by atoms with Crippen molar-refractivity contribution in [1.29, 1.82) is 0 Å². The Morgan fingerprint density at radius 1 is 0.492 bits per heavy atom. The molecule has 13 heteroatoms. The van der Waals surface area contributed by atoms with Gasteiger partial charge in [0.05, 0.1) is 13.2 Å². The van der Waals surface area contributed by atoms with Crippen LogP contribution in [-0.2, 0) is 27.9 Å². The van der Waals surface area contributed by atoms with Gasteiger partial charge in [0.2, 0.25) is 0 Å². The number of carbonyl (C=O) groups excluding carboxylic acids is 1. The molecular formula is C50H97O12P. The molecule has 0 aromatic rings. The van der Waals surface area contributed by atoms with E-state index in [1.165, 1.54) is 154 Å². The number of phosphoric acid groups is 1. The summed E-state index contributed by atoms with van der Waals surface area (Å²) < 4.78 is 34.3. The van der Waals surface area contributed by atoms with Gasteiger partial charge in [0, 0.05) is 13.0 Å². The summed E-state index contributed by atoms with van der Waals surface area (Å²) in [6, 6.07) is 0. The van der Waals surface area contributed by atoms with E-state index in [1.807, 2.05) is 0 Å². The summed E-state index contributed by atoms with van der Waals surface area (Å²) in [5, 5.41) is 50.2. The second-order valence-corrected chi connectivity index (χ2v) is 19.8. The lowest BCUT2D eigenvalue weighted by Gasteiger charge is -2.41. The van der Waals surface area contributed by atoms with Crippen LogP contribution in [0.2, 0.25) is 0 Å². The molecule has 0 heterocycles. The lowest BCUT2D eigenvalue weighted by Crippen LogP contribution is -2.64. The number of ether oxygens (including phenoxy) is 2. The van der Waals surface area contributed by atoms with Crippen molar-refractivity contribution in [2.24, 2.45) is 0 Å². The van der Waals surface area contributed by atoms with Crippen LogP contribution in [0.25, 0.3) is 0 Å². The quantitative estimate of drug-likeness (QED) is 0.0147. The normalized spacial score (nSPS) is 21.8. The summed E-state index contributed by atoms with van der Waals surface area (Å²) in [6.45, 7) is 4.27. The van der Waals surface area contributed by atoms with Gasteiger partial charge >= 0.3 is 13.8 Å². The van der Waals surface area contributed by atoms with Crippen LogP contribution < -0.4 is 0 Å². The summed E-state index contributed by atoms with van der Waals surface area (Å²) in [7, 11) is -5.02. The van der Waals surface area contributed by atoms with Crippen molar-refractivity contribution in [3.05, 3.63) is 12.2 Å². The molecule has 1 rings (SSSR count). The van der Waals surface area contributed by atoms with E-state index in [2.05, 4.69) is 26.0 Å². The van der Waals surface area contributed by atoms with Gasteiger partial charge in [-0.3, -0.25) is 13.8 Å². The van der Waals surface area contributed by atoms with Crippen molar-refractivity contribution in [3.8, 4) is 0 Å². The summed E-state index contributed by atoms with van der Waals surface area (Å²) in [5.74, 6) is -0.482. The molecule has 6 unspecified atom stereocenters. The average molecular weight is 921 g/mol. The highest BCUT2D eigenvalue weighted by molar-refractivity contribution is 7.47. The van der Waals surface area contributed by atoms with Crippen LogP contribution in [-0.4, -0.2) is 98.9 Å². The van der Waals surface area contributed by atoms with Gasteiger partial charge in [0.1, 0.15) is 42.7 Å². The van der Waals surface area contributed by atoms with Crippen LogP contribution in [0.1, 0.15) is 239 Å². The van der Waals surface area contributed by atoms with E-state index in [9.17, 15) is 39.8 Å². The molecular weight excluding hydrogens is 824 g/mol. The Hall–Kier alpha value is -0.920. The minimum atomic E-state index is -5.02. The van der Waals surface area contributed by atoms with Gasteiger partial charge in [0.25, 0.3) is 0 Å². The number of hydrogen-bond acceptors (Lipinski definition) is 11. The highest BCUT2D eigenvalue weighted by Gasteiger charge is 2.51. The number of carbonyl (C=O) groups is 1. The Morgan fingerprint density at radius 3 is 1.27 bits per heavy atom. The maximum atomic E-state index is 12.8. The van der Waals surface area contributed by atoms with E-state index in [0.29, 0.717) is 13.0 Å². The van der Waals surface area contributed by atoms with Gasteiger partial charge < -0.3 is 39.9 Å². The maximum Gasteiger partial charge on any atom is 0.472 e. The molecule has 0 saturated heterocycles. The minimum absolute atomic E-state index is 0.0739. The van der Waals surface area contributed by atoms with E-state index in [4.69, 9.17) is 18.5 Å². The first-order valence-electron chi connectivity index (χ1n) is 26.0. The molecule has 0 spiro atoms. The van der Waals surface area contributed by atoms with Crippen LogP contribution in [0.3, 0.4) is 0 Å². The first kappa shape index (κ1) is 60.1. The van der Waals surface area contributed by atoms with Gasteiger partial charge in [-0.05, 0) is 38.5 Å². The zero-order valence-electron chi connectivity index (χ0n) is 40.1. The smallest absolute Gasteiger partial charge is 0.457 e. The number of phosphoric ester groups is 1. The van der Waals surface area contributed by atoms with Crippen LogP contribution >= 0.6 is 7.82 Å². The second kappa shape index (κ2) is 41.3. The molecule has 0 bridgehead atoms. The predicted molar refractivity (Wildman–Crippen MR) is 253 cm³/mol. The fourth-order valence-electron chi connectivity index (χ4n) is 8.23. The van der Waals surface area contributed by atoms with Crippen molar-refractivity contribution in [1.82, 2.24) is 0 Å². The fourth-order valence-corrected chi connectivity index (χ4v) is 9.21. The van der Waals surface area contributed by atoms with Crippen molar-refractivity contribution in [3.63, 3.8) is 0 Å². The molecule has 0 amide bonds. The van der Waals surface area contributed by atoms with Crippen molar-refractivity contribution >= 4 is 13.8 Å². The molecule has 0 aromatic carbocycles. The number of rotatable bonds is 45. The Balaban J connectivity index is 2.28. The third-order valence-electron chi connectivity index (χ3n) is 12.4. The highest BCUT2D eigenvalue weighted by Crippen LogP contribution is 2.47. The molecule has 0 radical (unpaired) electrons. The van der Waals surface area contributed by atoms with Gasteiger partial charge in [0.15, 0.2) is 0 Å². The zero-order chi connectivity index (χ0) is 46.2. The summed E-state index contributed by atoms with van der Waals surface area (Å²) in [6.07, 6.45) is 34.3. The summed E-state index contributed by atoms with van der Waals surface area (Å²) >= 11 is 0. The predicted octanol–water partition coefficient (Wildman–Crippen LogP) is 11.5. The van der Waals surface area contributed by atoms with Crippen LogP contribution in [0.4, 0.5) is 0 Å². The standard InChI is InChI=1S/C50H97O12P/c1-3-5-7-9-11-13-15-17-18-19-20-21-22-23-24-25-26-28-30-32-34-36-38-40-59-41-43(42-60-63(57,58)62-50-48(55)46(53)45(52)47(54)49(50)56)61-44(51)39-37-35-33-31-29-27-16-14-12-10-8-6-4-2/h14,16,43,45-50,52-56H,3-13,15,17-42H2,1-2H3,(H,57,58)/b16-14-. The molecule has 0 aromatic heterocycles. The van der Waals surface area contributed by atoms with Gasteiger partial charge in [-0.15, -0.1) is 0 Å². The lowest BCUT2D eigenvalue weighted by molar-refractivity contribution is -0.220. The molecule has 1 aliphatic rings. The Kier molecular flexibility index (Phi) is 39.4. The number of aliphatic hydroxyl groups excluding tert-OH is 5. The van der Waals surface area contributed by atoms with Crippen molar-refractivity contribution in [2.75, 3.05) is 19.8 Å². The molecule has 6 N–H and O–H groups in total. The topological polar surface area (TPSA) is 192 Å². The molecule has 6 atom stereocenters. The van der Waals surface area contributed by atoms with E-state index in [0.717, 1.165) is 57.8 Å². The van der Waals surface area contributed by atoms with E-state index < -0.39 is 63.1 Å². The lowest BCUT2D eigenvalue weighted by atomic mass is 9.85. The Bertz CT molecular complexity index is 1100. The van der Waals surface area contributed by atoms with Crippen LogP contribution in [0, 0.1) is 0 Å². The van der Waals surface area contributed by atoms with Gasteiger partial charge in [-0.25, -0.2) is 4.57 Å². The monoisotopic (exact) mass is 921 g/mol. The third-order valence-corrected chi connectivity index (χ3v) is 13.4. The van der Waals surface area contributed by atoms with Crippen LogP contribution in [0.5, 0.6) is 0 Å². The SMILES string of the molecule is CCCCCC/C=C\CCCCCCCC(=O)OC(COCCCCCCCCCCCCCCCCCCCCCCCCC)COP(=O)(O)OC1C(O)C(O)C(O)C(O)C1O. The largest absolute Gasteiger partial charge is 0.472 e. The number of hydrogen-bond donors (Lipinski definition) is 6. The Labute approximate surface area is 384 Å². The molecule has 374 valence electrons. The molecule has 1 fully saturated rings. The molecule has 1 aliphatic carbocycles. The maximum absolute atomic E-state index is 12.8. The number of unbranched alkanes of at least 4 members (excludes halogenated alkanes) is 31. The number of allylic oxidation sites excluding steroid dienone is 2. The van der Waals surface area contributed by atoms with Gasteiger partial charge in [-0.1, -0.05) is 206 Å². The van der Waals surface area contributed by atoms with E-state index in [1.54, 1.807) is 0 Å². The second-order valence-electron chi connectivity index (χ2n) is 18.4. The average Bonchev–Trinajstić information content (AvgIpc) is 3.27. The first-order valence-corrected chi connectivity index (χ1v) is 27.5. The highest BCUT2D eigenvalue weighted by atomic mass is 31.2. The summed E-state index contributed by atoms with van der Waals surface area (Å²) in [5.41, 5.74) is 0. The van der Waals surface area contributed by atoms with Crippen LogP contribution in [0.15, 0.2) is 12.2 Å².